The minimum absolute atomic E-state index is 1.02. The Kier molecular flexibility index (Phi) is 5.70. The van der Waals surface area contributed by atoms with Crippen molar-refractivity contribution in [1.29, 1.82) is 0 Å². The van der Waals surface area contributed by atoms with Crippen LogP contribution >= 0.6 is 0 Å². The van der Waals surface area contributed by atoms with Crippen LogP contribution in [0.5, 0.6) is 0 Å². The predicted molar refractivity (Wildman–Crippen MR) is 116 cm³/mol. The van der Waals surface area contributed by atoms with Gasteiger partial charge in [0.1, 0.15) is 0 Å². The second-order valence-electron chi connectivity index (χ2n) is 6.42. The van der Waals surface area contributed by atoms with Crippen molar-refractivity contribution in [3.63, 3.8) is 0 Å². The highest BCUT2D eigenvalue weighted by Crippen LogP contribution is 2.21. The number of nitrogens with one attached hydrogen (secondary N) is 1. The molecule has 1 nitrogen and oxygen atoms in total. The number of benzene rings is 3. The van der Waals surface area contributed by atoms with Crippen LogP contribution in [0.25, 0.3) is 18.2 Å². The maximum atomic E-state index is 3.97. The summed E-state index contributed by atoms with van der Waals surface area (Å²) in [5.74, 6) is 0. The van der Waals surface area contributed by atoms with E-state index in [4.69, 9.17) is 0 Å². The smallest absolute Gasteiger partial charge is 0.0384 e. The Labute approximate surface area is 156 Å². The van der Waals surface area contributed by atoms with Gasteiger partial charge in [0.05, 0.1) is 0 Å². The lowest BCUT2D eigenvalue weighted by Gasteiger charge is -2.08. The van der Waals surface area contributed by atoms with E-state index in [1.54, 1.807) is 0 Å². The quantitative estimate of drug-likeness (QED) is 0.472. The zero-order valence-electron chi connectivity index (χ0n) is 15.5. The molecular weight excluding hydrogens is 314 g/mol. The third kappa shape index (κ3) is 4.31. The first-order chi connectivity index (χ1) is 12.7. The average Bonchev–Trinajstić information content (AvgIpc) is 2.68. The van der Waals surface area contributed by atoms with Crippen molar-refractivity contribution in [1.82, 2.24) is 0 Å². The summed E-state index contributed by atoms with van der Waals surface area (Å²) < 4.78 is 0. The fourth-order valence-electron chi connectivity index (χ4n) is 3.00. The Bertz CT molecular complexity index is 900. The van der Waals surface area contributed by atoms with Crippen LogP contribution in [0.3, 0.4) is 0 Å². The molecule has 26 heavy (non-hydrogen) atoms. The highest BCUT2D eigenvalue weighted by molar-refractivity contribution is 5.76. The Balaban J connectivity index is 1.74. The molecule has 0 heterocycles. The van der Waals surface area contributed by atoms with Crippen molar-refractivity contribution in [3.05, 3.63) is 101 Å². The number of rotatable bonds is 6. The first kappa shape index (κ1) is 17.8. The maximum Gasteiger partial charge on any atom is 0.0384 e. The second kappa shape index (κ2) is 8.35. The van der Waals surface area contributed by atoms with Gasteiger partial charge in [-0.2, -0.15) is 0 Å². The lowest BCUT2D eigenvalue weighted by Crippen LogP contribution is -1.90. The van der Waals surface area contributed by atoms with Gasteiger partial charge >= 0.3 is 0 Å². The fourth-order valence-corrected chi connectivity index (χ4v) is 3.00. The van der Waals surface area contributed by atoms with Gasteiger partial charge < -0.3 is 5.32 Å². The van der Waals surface area contributed by atoms with E-state index < -0.39 is 0 Å². The van der Waals surface area contributed by atoms with E-state index in [9.17, 15) is 0 Å². The molecule has 3 aromatic rings. The van der Waals surface area contributed by atoms with Gasteiger partial charge in [0.25, 0.3) is 0 Å². The first-order valence-corrected chi connectivity index (χ1v) is 9.06. The van der Waals surface area contributed by atoms with Gasteiger partial charge in [-0.25, -0.2) is 0 Å². The zero-order valence-corrected chi connectivity index (χ0v) is 15.5. The highest BCUT2D eigenvalue weighted by Gasteiger charge is 2.01. The number of anilines is 2. The molecule has 0 saturated heterocycles. The molecular formula is C25H25N. The van der Waals surface area contributed by atoms with E-state index >= 15 is 0 Å². The molecule has 3 aromatic carbocycles. The molecule has 0 aliphatic carbocycles. The van der Waals surface area contributed by atoms with Gasteiger partial charge in [-0.3, -0.25) is 0 Å². The Hall–Kier alpha value is -3.06. The van der Waals surface area contributed by atoms with Crippen molar-refractivity contribution in [2.24, 2.45) is 0 Å². The Morgan fingerprint density at radius 3 is 2.12 bits per heavy atom. The predicted octanol–water partition coefficient (Wildman–Crippen LogP) is 7.11. The molecule has 0 aromatic heterocycles. The van der Waals surface area contributed by atoms with Crippen molar-refractivity contribution < 1.29 is 0 Å². The fraction of sp³-hybridized carbons (Fsp3) is 0.120. The maximum absolute atomic E-state index is 3.97. The van der Waals surface area contributed by atoms with Gasteiger partial charge in [-0.05, 0) is 59.9 Å². The minimum Gasteiger partial charge on any atom is -0.356 e. The van der Waals surface area contributed by atoms with E-state index in [1.807, 2.05) is 6.08 Å². The van der Waals surface area contributed by atoms with Crippen molar-refractivity contribution in [2.75, 3.05) is 5.32 Å². The SMILES string of the molecule is C=Cc1c(C=Cc2ccc(Nc3ccc(C)cc3)cc2)cccc1CC. The molecule has 0 aliphatic rings. The molecule has 0 radical (unpaired) electrons. The minimum atomic E-state index is 1.02. The molecule has 0 spiro atoms. The van der Waals surface area contributed by atoms with Crippen LogP contribution in [0.1, 0.15) is 34.7 Å². The molecule has 3 rings (SSSR count). The van der Waals surface area contributed by atoms with Crippen LogP contribution in [-0.2, 0) is 6.42 Å². The summed E-state index contributed by atoms with van der Waals surface area (Å²) in [6, 6.07) is 23.3. The van der Waals surface area contributed by atoms with E-state index in [1.165, 1.54) is 27.8 Å². The third-order valence-corrected chi connectivity index (χ3v) is 4.52. The molecule has 130 valence electrons. The van der Waals surface area contributed by atoms with Crippen molar-refractivity contribution in [3.8, 4) is 0 Å². The number of hydrogen-bond donors (Lipinski definition) is 1. The summed E-state index contributed by atoms with van der Waals surface area (Å²) in [4.78, 5) is 0. The van der Waals surface area contributed by atoms with Gasteiger partial charge in [0.2, 0.25) is 0 Å². The summed E-state index contributed by atoms with van der Waals surface area (Å²) in [6.45, 7) is 8.24. The van der Waals surface area contributed by atoms with Crippen LogP contribution in [0.15, 0.2) is 73.3 Å². The lowest BCUT2D eigenvalue weighted by molar-refractivity contribution is 1.13. The van der Waals surface area contributed by atoms with Gasteiger partial charge in [0.15, 0.2) is 0 Å². The Morgan fingerprint density at radius 2 is 1.50 bits per heavy atom. The highest BCUT2D eigenvalue weighted by atomic mass is 14.9. The largest absolute Gasteiger partial charge is 0.356 e. The van der Waals surface area contributed by atoms with Crippen LogP contribution in [0.4, 0.5) is 11.4 Å². The molecule has 0 amide bonds. The summed E-state index contributed by atoms with van der Waals surface area (Å²) in [6.07, 6.45) is 7.28. The number of hydrogen-bond acceptors (Lipinski definition) is 1. The second-order valence-corrected chi connectivity index (χ2v) is 6.42. The van der Waals surface area contributed by atoms with Crippen LogP contribution in [-0.4, -0.2) is 0 Å². The first-order valence-electron chi connectivity index (χ1n) is 9.06. The molecule has 0 bridgehead atoms. The number of aryl methyl sites for hydroxylation is 2. The average molecular weight is 339 g/mol. The summed E-state index contributed by atoms with van der Waals surface area (Å²) in [5, 5.41) is 3.43. The van der Waals surface area contributed by atoms with E-state index in [0.29, 0.717) is 0 Å². The molecule has 0 aliphatic heterocycles. The summed E-state index contributed by atoms with van der Waals surface area (Å²) in [5.41, 5.74) is 8.40. The molecule has 0 fully saturated rings. The normalized spacial score (nSPS) is 10.8. The molecule has 1 N–H and O–H groups in total. The van der Waals surface area contributed by atoms with Gasteiger partial charge in [0, 0.05) is 11.4 Å². The molecule has 0 unspecified atom stereocenters. The monoisotopic (exact) mass is 339 g/mol. The molecule has 0 saturated carbocycles. The van der Waals surface area contributed by atoms with Crippen molar-refractivity contribution in [2.45, 2.75) is 20.3 Å². The Morgan fingerprint density at radius 1 is 0.846 bits per heavy atom. The zero-order chi connectivity index (χ0) is 18.4. The van der Waals surface area contributed by atoms with E-state index in [-0.39, 0.29) is 0 Å². The topological polar surface area (TPSA) is 12.0 Å². The van der Waals surface area contributed by atoms with Crippen LogP contribution in [0, 0.1) is 6.92 Å². The van der Waals surface area contributed by atoms with Crippen molar-refractivity contribution >= 4 is 29.6 Å². The van der Waals surface area contributed by atoms with Crippen LogP contribution < -0.4 is 5.32 Å². The lowest BCUT2D eigenvalue weighted by atomic mass is 9.98. The molecule has 1 heteroatoms. The van der Waals surface area contributed by atoms with Crippen LogP contribution in [0.2, 0.25) is 0 Å². The third-order valence-electron chi connectivity index (χ3n) is 4.52. The standard InChI is InChI=1S/C25H25N/c1-4-21-7-6-8-22(25(21)5-2)14-11-20-12-17-24(18-13-20)26-23-15-9-19(3)10-16-23/h5-18,26H,2,4H2,1,3H3. The van der Waals surface area contributed by atoms with Gasteiger partial charge in [-0.15, -0.1) is 0 Å². The van der Waals surface area contributed by atoms with E-state index in [2.05, 4.69) is 105 Å². The summed E-state index contributed by atoms with van der Waals surface area (Å²) >= 11 is 0. The van der Waals surface area contributed by atoms with Gasteiger partial charge in [-0.1, -0.05) is 79.8 Å². The summed E-state index contributed by atoms with van der Waals surface area (Å²) in [7, 11) is 0. The van der Waals surface area contributed by atoms with E-state index in [0.717, 1.165) is 17.8 Å². The molecule has 0 atom stereocenters.